The number of hydrogen-bond acceptors (Lipinski definition) is 2. The van der Waals surface area contributed by atoms with Crippen molar-refractivity contribution in [2.75, 3.05) is 0 Å². The molecule has 0 bridgehead atoms. The quantitative estimate of drug-likeness (QED) is 0.724. The van der Waals surface area contributed by atoms with Crippen LogP contribution >= 0.6 is 12.4 Å². The average Bonchev–Trinajstić information content (AvgIpc) is 2.66. The van der Waals surface area contributed by atoms with Crippen LogP contribution in [-0.2, 0) is 17.8 Å². The van der Waals surface area contributed by atoms with Crippen molar-refractivity contribution in [3.8, 4) is 0 Å². The van der Waals surface area contributed by atoms with Gasteiger partial charge >= 0.3 is 5.97 Å². The van der Waals surface area contributed by atoms with Crippen LogP contribution in [0, 0.1) is 0 Å². The van der Waals surface area contributed by atoms with Gasteiger partial charge < -0.3 is 10.1 Å². The molecule has 1 aromatic carbocycles. The molecule has 1 aliphatic heterocycles. The normalized spacial score (nSPS) is 18.5. The lowest BCUT2D eigenvalue weighted by Crippen LogP contribution is -2.41. The third-order valence-corrected chi connectivity index (χ3v) is 3.13. The van der Waals surface area contributed by atoms with Gasteiger partial charge in [0.15, 0.2) is 0 Å². The lowest BCUT2D eigenvalue weighted by Gasteiger charge is -2.20. The smallest absolute Gasteiger partial charge is 0.321 e. The summed E-state index contributed by atoms with van der Waals surface area (Å²) in [5.41, 5.74) is 3.33. The van der Waals surface area contributed by atoms with Gasteiger partial charge in [0.2, 0.25) is 0 Å². The first-order valence-corrected chi connectivity index (χ1v) is 5.30. The van der Waals surface area contributed by atoms with E-state index in [1.807, 2.05) is 24.3 Å². The number of carbonyl (C=O) groups is 1. The molecular formula is C12H13ClN2O2. The van der Waals surface area contributed by atoms with Crippen molar-refractivity contribution in [2.45, 2.75) is 19.0 Å². The van der Waals surface area contributed by atoms with Crippen molar-refractivity contribution in [3.63, 3.8) is 0 Å². The fourth-order valence-corrected chi connectivity index (χ4v) is 2.32. The van der Waals surface area contributed by atoms with Crippen molar-refractivity contribution in [1.29, 1.82) is 0 Å². The first-order valence-electron chi connectivity index (χ1n) is 5.30. The summed E-state index contributed by atoms with van der Waals surface area (Å²) in [5.74, 6) is -0.782. The van der Waals surface area contributed by atoms with Crippen molar-refractivity contribution >= 4 is 29.3 Å². The molecule has 0 saturated heterocycles. The molecule has 1 aliphatic rings. The Balaban J connectivity index is 0.00000108. The van der Waals surface area contributed by atoms with Crippen LogP contribution in [-0.4, -0.2) is 22.1 Å². The molecule has 0 radical (unpaired) electrons. The zero-order valence-corrected chi connectivity index (χ0v) is 9.88. The average molecular weight is 253 g/mol. The Kier molecular flexibility index (Phi) is 3.09. The SMILES string of the molecule is Cl.O=C(O)C1Cc2c([nH]c3ccccc23)CN1. The number of carboxylic acid groups (broad SMARTS) is 1. The lowest BCUT2D eigenvalue weighted by molar-refractivity contribution is -0.139. The molecule has 1 unspecified atom stereocenters. The molecule has 0 aliphatic carbocycles. The molecule has 4 nitrogen and oxygen atoms in total. The summed E-state index contributed by atoms with van der Waals surface area (Å²) in [6.45, 7) is 0.598. The van der Waals surface area contributed by atoms with Crippen LogP contribution in [0.15, 0.2) is 24.3 Å². The zero-order chi connectivity index (χ0) is 11.1. The van der Waals surface area contributed by atoms with Crippen molar-refractivity contribution < 1.29 is 9.90 Å². The third-order valence-electron chi connectivity index (χ3n) is 3.13. The van der Waals surface area contributed by atoms with Crippen LogP contribution in [0.25, 0.3) is 10.9 Å². The second-order valence-electron chi connectivity index (χ2n) is 4.10. The topological polar surface area (TPSA) is 65.1 Å². The number of nitrogens with one attached hydrogen (secondary N) is 2. The van der Waals surface area contributed by atoms with Crippen LogP contribution in [0.2, 0.25) is 0 Å². The standard InChI is InChI=1S/C12H12N2O2.ClH/c15-12(16)10-5-8-7-3-1-2-4-9(7)14-11(8)6-13-10;/h1-4,10,13-14H,5-6H2,(H,15,16);1H. The number of hydrogen-bond donors (Lipinski definition) is 3. The van der Waals surface area contributed by atoms with Gasteiger partial charge in [0.05, 0.1) is 0 Å². The van der Waals surface area contributed by atoms with Gasteiger partial charge in [-0.3, -0.25) is 10.1 Å². The molecule has 0 spiro atoms. The van der Waals surface area contributed by atoms with E-state index in [-0.39, 0.29) is 12.4 Å². The van der Waals surface area contributed by atoms with Gasteiger partial charge in [-0.2, -0.15) is 0 Å². The van der Waals surface area contributed by atoms with Crippen molar-refractivity contribution in [1.82, 2.24) is 10.3 Å². The summed E-state index contributed by atoms with van der Waals surface area (Å²) in [6, 6.07) is 7.55. The number of carboxylic acids is 1. The monoisotopic (exact) mass is 252 g/mol. The Labute approximate surface area is 104 Å². The molecule has 0 fully saturated rings. The highest BCUT2D eigenvalue weighted by molar-refractivity contribution is 5.86. The summed E-state index contributed by atoms with van der Waals surface area (Å²) in [5, 5.41) is 13.1. The predicted octanol–water partition coefficient (Wildman–Crippen LogP) is 1.69. The minimum absolute atomic E-state index is 0. The third kappa shape index (κ3) is 1.90. The van der Waals surface area contributed by atoms with Crippen LogP contribution in [0.5, 0.6) is 0 Å². The van der Waals surface area contributed by atoms with E-state index in [1.165, 1.54) is 0 Å². The molecule has 0 amide bonds. The molecule has 90 valence electrons. The number of aromatic nitrogens is 1. The minimum atomic E-state index is -0.782. The molecule has 17 heavy (non-hydrogen) atoms. The van der Waals surface area contributed by atoms with E-state index in [4.69, 9.17) is 5.11 Å². The first-order chi connectivity index (χ1) is 7.75. The Hall–Kier alpha value is -1.52. The van der Waals surface area contributed by atoms with Crippen LogP contribution in [0.3, 0.4) is 0 Å². The Morgan fingerprint density at radius 1 is 1.35 bits per heavy atom. The van der Waals surface area contributed by atoms with Crippen LogP contribution in [0.4, 0.5) is 0 Å². The van der Waals surface area contributed by atoms with Gasteiger partial charge in [-0.15, -0.1) is 12.4 Å². The number of H-pyrrole nitrogens is 1. The highest BCUT2D eigenvalue weighted by Gasteiger charge is 2.26. The fourth-order valence-electron chi connectivity index (χ4n) is 2.32. The van der Waals surface area contributed by atoms with Gasteiger partial charge in [-0.1, -0.05) is 18.2 Å². The van der Waals surface area contributed by atoms with E-state index >= 15 is 0 Å². The van der Waals surface area contributed by atoms with Gasteiger partial charge in [0.25, 0.3) is 0 Å². The predicted molar refractivity (Wildman–Crippen MR) is 67.5 cm³/mol. The Morgan fingerprint density at radius 3 is 2.88 bits per heavy atom. The number of fused-ring (bicyclic) bond motifs is 3. The number of aliphatic carboxylic acids is 1. The molecule has 3 rings (SSSR count). The number of halogens is 1. The van der Waals surface area contributed by atoms with Gasteiger partial charge in [-0.25, -0.2) is 0 Å². The number of benzene rings is 1. The second kappa shape index (κ2) is 4.39. The lowest BCUT2D eigenvalue weighted by atomic mass is 9.99. The number of aromatic amines is 1. The van der Waals surface area contributed by atoms with E-state index in [1.54, 1.807) is 0 Å². The molecule has 1 aromatic heterocycles. The van der Waals surface area contributed by atoms with Crippen LogP contribution < -0.4 is 5.32 Å². The molecule has 2 heterocycles. The molecule has 3 N–H and O–H groups in total. The van der Waals surface area contributed by atoms with E-state index in [0.29, 0.717) is 13.0 Å². The Bertz CT molecular complexity index is 565. The Morgan fingerprint density at radius 2 is 2.12 bits per heavy atom. The summed E-state index contributed by atoms with van der Waals surface area (Å²) in [6.07, 6.45) is 0.550. The maximum Gasteiger partial charge on any atom is 0.321 e. The highest BCUT2D eigenvalue weighted by Crippen LogP contribution is 2.26. The fraction of sp³-hybridized carbons (Fsp3) is 0.250. The maximum absolute atomic E-state index is 10.9. The van der Waals surface area contributed by atoms with E-state index in [2.05, 4.69) is 10.3 Å². The molecule has 1 atom stereocenters. The van der Waals surface area contributed by atoms with Crippen molar-refractivity contribution in [3.05, 3.63) is 35.5 Å². The number of rotatable bonds is 1. The van der Waals surface area contributed by atoms with E-state index < -0.39 is 12.0 Å². The van der Waals surface area contributed by atoms with Gasteiger partial charge in [0.1, 0.15) is 6.04 Å². The van der Waals surface area contributed by atoms with Crippen LogP contribution in [0.1, 0.15) is 11.3 Å². The number of para-hydroxylation sites is 1. The zero-order valence-electron chi connectivity index (χ0n) is 9.06. The first kappa shape index (κ1) is 12.0. The summed E-state index contributed by atoms with van der Waals surface area (Å²) >= 11 is 0. The van der Waals surface area contributed by atoms with Gasteiger partial charge in [-0.05, 0) is 11.6 Å². The van der Waals surface area contributed by atoms with E-state index in [0.717, 1.165) is 22.2 Å². The largest absolute Gasteiger partial charge is 0.480 e. The molecular weight excluding hydrogens is 240 g/mol. The van der Waals surface area contributed by atoms with Gasteiger partial charge in [0, 0.05) is 29.6 Å². The summed E-state index contributed by atoms with van der Waals surface area (Å²) in [4.78, 5) is 14.3. The molecule has 0 saturated carbocycles. The second-order valence-corrected chi connectivity index (χ2v) is 4.10. The van der Waals surface area contributed by atoms with E-state index in [9.17, 15) is 4.79 Å². The molecule has 2 aromatic rings. The summed E-state index contributed by atoms with van der Waals surface area (Å²) in [7, 11) is 0. The highest BCUT2D eigenvalue weighted by atomic mass is 35.5. The molecule has 5 heteroatoms. The summed E-state index contributed by atoms with van der Waals surface area (Å²) < 4.78 is 0. The minimum Gasteiger partial charge on any atom is -0.480 e. The van der Waals surface area contributed by atoms with Crippen molar-refractivity contribution in [2.24, 2.45) is 0 Å². The maximum atomic E-state index is 10.9.